The molecular weight excluding hydrogens is 326 g/mol. The van der Waals surface area contributed by atoms with E-state index in [1.165, 1.54) is 0 Å². The Labute approximate surface area is 152 Å². The quantitative estimate of drug-likeness (QED) is 0.667. The van der Waals surface area contributed by atoms with E-state index in [1.807, 2.05) is 79.7 Å². The van der Waals surface area contributed by atoms with Gasteiger partial charge in [0.05, 0.1) is 6.42 Å². The van der Waals surface area contributed by atoms with E-state index in [4.69, 9.17) is 4.74 Å². The molecule has 0 radical (unpaired) electrons. The summed E-state index contributed by atoms with van der Waals surface area (Å²) in [6, 6.07) is 23.3. The largest absolute Gasteiger partial charge is 0.456 e. The van der Waals surface area contributed by atoms with Crippen molar-refractivity contribution >= 4 is 28.3 Å². The van der Waals surface area contributed by atoms with Gasteiger partial charge >= 0.3 is 5.97 Å². The number of anilines is 1. The first-order valence-corrected chi connectivity index (χ1v) is 8.61. The number of hydrogen-bond donors (Lipinski definition) is 1. The van der Waals surface area contributed by atoms with Crippen LogP contribution in [-0.4, -0.2) is 18.5 Å². The molecule has 3 aromatic rings. The highest BCUT2D eigenvalue weighted by atomic mass is 16.5. The minimum Gasteiger partial charge on any atom is -0.456 e. The Kier molecular flexibility index (Phi) is 5.64. The second-order valence-electron chi connectivity index (χ2n) is 6.25. The third kappa shape index (κ3) is 4.48. The molecule has 3 aromatic carbocycles. The second kappa shape index (κ2) is 8.30. The SMILES string of the molecule is C[C@H](CC(=O)OCC(=O)Nc1cccc2ccccc12)c1ccccc1. The van der Waals surface area contributed by atoms with Crippen LogP contribution >= 0.6 is 0 Å². The summed E-state index contributed by atoms with van der Waals surface area (Å²) in [5, 5.41) is 4.80. The van der Waals surface area contributed by atoms with Gasteiger partial charge in [0.15, 0.2) is 6.61 Å². The van der Waals surface area contributed by atoms with E-state index in [9.17, 15) is 9.59 Å². The molecule has 0 bridgehead atoms. The van der Waals surface area contributed by atoms with Crippen molar-refractivity contribution in [3.05, 3.63) is 78.4 Å². The second-order valence-corrected chi connectivity index (χ2v) is 6.25. The van der Waals surface area contributed by atoms with Gasteiger partial charge in [0.25, 0.3) is 5.91 Å². The standard InChI is InChI=1S/C22H21NO3/c1-16(17-8-3-2-4-9-17)14-22(25)26-15-21(24)23-20-13-7-11-18-10-5-6-12-19(18)20/h2-13,16H,14-15H2,1H3,(H,23,24)/t16-/m1/s1. The summed E-state index contributed by atoms with van der Waals surface area (Å²) in [7, 11) is 0. The average molecular weight is 347 g/mol. The molecule has 4 heteroatoms. The summed E-state index contributed by atoms with van der Waals surface area (Å²) in [6.07, 6.45) is 0.242. The van der Waals surface area contributed by atoms with Gasteiger partial charge in [0.2, 0.25) is 0 Å². The Morgan fingerprint density at radius 1 is 0.923 bits per heavy atom. The van der Waals surface area contributed by atoms with Gasteiger partial charge in [-0.2, -0.15) is 0 Å². The molecule has 0 aliphatic rings. The molecule has 1 atom stereocenters. The molecule has 26 heavy (non-hydrogen) atoms. The lowest BCUT2D eigenvalue weighted by atomic mass is 9.98. The maximum absolute atomic E-state index is 12.1. The van der Waals surface area contributed by atoms with Crippen molar-refractivity contribution in [2.45, 2.75) is 19.3 Å². The molecule has 0 aliphatic carbocycles. The first-order valence-electron chi connectivity index (χ1n) is 8.61. The van der Waals surface area contributed by atoms with E-state index in [1.54, 1.807) is 0 Å². The number of carbonyl (C=O) groups is 2. The third-order valence-corrected chi connectivity index (χ3v) is 4.27. The van der Waals surface area contributed by atoms with Gasteiger partial charge in [0, 0.05) is 11.1 Å². The Balaban J connectivity index is 1.53. The molecule has 0 spiro atoms. The highest BCUT2D eigenvalue weighted by molar-refractivity contribution is 6.02. The van der Waals surface area contributed by atoms with E-state index >= 15 is 0 Å². The fraction of sp³-hybridized carbons (Fsp3) is 0.182. The number of fused-ring (bicyclic) bond motifs is 1. The van der Waals surface area contributed by atoms with Crippen LogP contribution in [0.5, 0.6) is 0 Å². The lowest BCUT2D eigenvalue weighted by Crippen LogP contribution is -2.21. The fourth-order valence-electron chi connectivity index (χ4n) is 2.88. The highest BCUT2D eigenvalue weighted by Crippen LogP contribution is 2.23. The minimum absolute atomic E-state index is 0.0461. The van der Waals surface area contributed by atoms with Gasteiger partial charge in [-0.15, -0.1) is 0 Å². The van der Waals surface area contributed by atoms with Crippen molar-refractivity contribution in [2.24, 2.45) is 0 Å². The van der Waals surface area contributed by atoms with Crippen LogP contribution in [0.4, 0.5) is 5.69 Å². The molecule has 1 amide bonds. The Hall–Kier alpha value is -3.14. The minimum atomic E-state index is -0.380. The average Bonchev–Trinajstić information content (AvgIpc) is 2.67. The van der Waals surface area contributed by atoms with Crippen molar-refractivity contribution in [1.82, 2.24) is 0 Å². The zero-order valence-electron chi connectivity index (χ0n) is 14.6. The van der Waals surface area contributed by atoms with Crippen LogP contribution in [0, 0.1) is 0 Å². The zero-order valence-corrected chi connectivity index (χ0v) is 14.6. The molecular formula is C22H21NO3. The van der Waals surface area contributed by atoms with Gasteiger partial charge in [-0.25, -0.2) is 0 Å². The molecule has 0 saturated heterocycles. The monoisotopic (exact) mass is 347 g/mol. The number of nitrogens with one attached hydrogen (secondary N) is 1. The van der Waals surface area contributed by atoms with Crippen LogP contribution < -0.4 is 5.32 Å². The van der Waals surface area contributed by atoms with Crippen LogP contribution in [0.1, 0.15) is 24.8 Å². The van der Waals surface area contributed by atoms with E-state index in [-0.39, 0.29) is 30.8 Å². The van der Waals surface area contributed by atoms with Gasteiger partial charge in [-0.3, -0.25) is 9.59 Å². The molecule has 3 rings (SSSR count). The van der Waals surface area contributed by atoms with Crippen molar-refractivity contribution < 1.29 is 14.3 Å². The first kappa shape index (κ1) is 17.7. The number of benzene rings is 3. The Bertz CT molecular complexity index is 900. The van der Waals surface area contributed by atoms with E-state index < -0.39 is 0 Å². The lowest BCUT2D eigenvalue weighted by Gasteiger charge is -2.12. The molecule has 0 aliphatic heterocycles. The predicted octanol–water partition coefficient (Wildman–Crippen LogP) is 4.52. The smallest absolute Gasteiger partial charge is 0.306 e. The maximum Gasteiger partial charge on any atom is 0.306 e. The molecule has 0 heterocycles. The van der Waals surface area contributed by atoms with Crippen molar-refractivity contribution in [1.29, 1.82) is 0 Å². The normalized spacial score (nSPS) is 11.7. The fourth-order valence-corrected chi connectivity index (χ4v) is 2.88. The molecule has 132 valence electrons. The molecule has 4 nitrogen and oxygen atoms in total. The Morgan fingerprint density at radius 2 is 1.62 bits per heavy atom. The maximum atomic E-state index is 12.1. The van der Waals surface area contributed by atoms with Crippen LogP contribution in [0.3, 0.4) is 0 Å². The number of esters is 1. The third-order valence-electron chi connectivity index (χ3n) is 4.27. The van der Waals surface area contributed by atoms with Gasteiger partial charge in [-0.05, 0) is 22.9 Å². The van der Waals surface area contributed by atoms with Crippen LogP contribution in [0.15, 0.2) is 72.8 Å². The van der Waals surface area contributed by atoms with Crippen molar-refractivity contribution in [2.75, 3.05) is 11.9 Å². The van der Waals surface area contributed by atoms with Crippen LogP contribution in [0.25, 0.3) is 10.8 Å². The number of carbonyl (C=O) groups excluding carboxylic acids is 2. The number of ether oxygens (including phenoxy) is 1. The summed E-state index contributed by atoms with van der Waals surface area (Å²) < 4.78 is 5.13. The molecule has 0 saturated carbocycles. The summed E-state index contributed by atoms with van der Waals surface area (Å²) in [4.78, 5) is 24.1. The summed E-state index contributed by atoms with van der Waals surface area (Å²) in [5.41, 5.74) is 1.78. The molecule has 1 N–H and O–H groups in total. The molecule has 0 aromatic heterocycles. The van der Waals surface area contributed by atoms with E-state index in [2.05, 4.69) is 5.32 Å². The Morgan fingerprint density at radius 3 is 2.42 bits per heavy atom. The van der Waals surface area contributed by atoms with Crippen LogP contribution in [0.2, 0.25) is 0 Å². The zero-order chi connectivity index (χ0) is 18.4. The predicted molar refractivity (Wildman–Crippen MR) is 103 cm³/mol. The molecule has 0 fully saturated rings. The summed E-state index contributed by atoms with van der Waals surface area (Å²) in [6.45, 7) is 1.68. The van der Waals surface area contributed by atoms with Gasteiger partial charge < -0.3 is 10.1 Å². The number of amides is 1. The van der Waals surface area contributed by atoms with Crippen LogP contribution in [-0.2, 0) is 14.3 Å². The first-order chi connectivity index (χ1) is 12.6. The number of rotatable bonds is 6. The summed E-state index contributed by atoms with van der Waals surface area (Å²) >= 11 is 0. The van der Waals surface area contributed by atoms with Gasteiger partial charge in [-0.1, -0.05) is 73.7 Å². The summed E-state index contributed by atoms with van der Waals surface area (Å²) in [5.74, 6) is -0.679. The van der Waals surface area contributed by atoms with Crippen molar-refractivity contribution in [3.63, 3.8) is 0 Å². The van der Waals surface area contributed by atoms with E-state index in [0.29, 0.717) is 5.69 Å². The van der Waals surface area contributed by atoms with Crippen molar-refractivity contribution in [3.8, 4) is 0 Å². The highest BCUT2D eigenvalue weighted by Gasteiger charge is 2.14. The van der Waals surface area contributed by atoms with Gasteiger partial charge in [0.1, 0.15) is 0 Å². The molecule has 0 unspecified atom stereocenters. The number of hydrogen-bond acceptors (Lipinski definition) is 3. The van der Waals surface area contributed by atoms with E-state index in [0.717, 1.165) is 16.3 Å². The lowest BCUT2D eigenvalue weighted by molar-refractivity contribution is -0.147. The topological polar surface area (TPSA) is 55.4 Å².